The lowest BCUT2D eigenvalue weighted by molar-refractivity contribution is -0.127. The smallest absolute Gasteiger partial charge is 0.410 e. The minimum atomic E-state index is -0.936. The minimum absolute atomic E-state index is 0.147. The van der Waals surface area contributed by atoms with Crippen molar-refractivity contribution in [3.8, 4) is 0 Å². The molecule has 0 aliphatic carbocycles. The Kier molecular flexibility index (Phi) is 6.21. The number of likely N-dealkylation sites (tertiary alicyclic amines) is 1. The number of amides is 2. The normalized spacial score (nSPS) is 16.9. The molecule has 1 aromatic carbocycles. The fourth-order valence-corrected chi connectivity index (χ4v) is 2.85. The van der Waals surface area contributed by atoms with Crippen LogP contribution in [0.15, 0.2) is 18.2 Å². The molecule has 26 heavy (non-hydrogen) atoms. The second-order valence-corrected chi connectivity index (χ2v) is 7.65. The molecule has 1 atom stereocenters. The van der Waals surface area contributed by atoms with E-state index in [2.05, 4.69) is 5.32 Å². The Hall–Kier alpha value is -2.18. The van der Waals surface area contributed by atoms with Gasteiger partial charge in [-0.1, -0.05) is 6.07 Å². The Morgan fingerprint density at radius 2 is 1.81 bits per heavy atom. The molecule has 1 N–H and O–H groups in total. The van der Waals surface area contributed by atoms with E-state index in [9.17, 15) is 18.4 Å². The fraction of sp³-hybridized carbons (Fsp3) is 0.579. The summed E-state index contributed by atoms with van der Waals surface area (Å²) in [5.74, 6) is -2.22. The van der Waals surface area contributed by atoms with Crippen LogP contribution < -0.4 is 5.32 Å². The Balaban J connectivity index is 1.86. The van der Waals surface area contributed by atoms with Gasteiger partial charge in [0.05, 0.1) is 6.04 Å². The number of halogens is 2. The van der Waals surface area contributed by atoms with Gasteiger partial charge in [0.2, 0.25) is 5.91 Å². The number of hydrogen-bond donors (Lipinski definition) is 1. The van der Waals surface area contributed by atoms with Gasteiger partial charge in [-0.3, -0.25) is 4.79 Å². The lowest BCUT2D eigenvalue weighted by atomic mass is 9.95. The number of hydrogen-bond acceptors (Lipinski definition) is 3. The standard InChI is InChI=1S/C19H26F2N2O3/c1-12(14-5-6-15(20)16(21)11-14)22-17(24)13-7-9-23(10-8-13)18(25)26-19(2,3)4/h5-6,11-13H,7-10H2,1-4H3,(H,22,24)/t12-/m1/s1. The van der Waals surface area contributed by atoms with E-state index in [1.807, 2.05) is 20.8 Å². The van der Waals surface area contributed by atoms with Crippen molar-refractivity contribution in [1.29, 1.82) is 0 Å². The van der Waals surface area contributed by atoms with Crippen LogP contribution >= 0.6 is 0 Å². The van der Waals surface area contributed by atoms with Gasteiger partial charge in [0.25, 0.3) is 0 Å². The highest BCUT2D eigenvalue weighted by Crippen LogP contribution is 2.22. The molecule has 0 radical (unpaired) electrons. The topological polar surface area (TPSA) is 58.6 Å². The molecule has 2 rings (SSSR count). The fourth-order valence-electron chi connectivity index (χ4n) is 2.85. The van der Waals surface area contributed by atoms with E-state index in [1.54, 1.807) is 11.8 Å². The van der Waals surface area contributed by atoms with Crippen molar-refractivity contribution in [2.45, 2.75) is 52.2 Å². The van der Waals surface area contributed by atoms with Crippen LogP contribution in [0.25, 0.3) is 0 Å². The van der Waals surface area contributed by atoms with Crippen LogP contribution in [0.3, 0.4) is 0 Å². The molecule has 0 saturated carbocycles. The van der Waals surface area contributed by atoms with Crippen molar-refractivity contribution in [3.05, 3.63) is 35.4 Å². The average Bonchev–Trinajstić information content (AvgIpc) is 2.55. The monoisotopic (exact) mass is 368 g/mol. The van der Waals surface area contributed by atoms with Gasteiger partial charge >= 0.3 is 6.09 Å². The quantitative estimate of drug-likeness (QED) is 0.883. The summed E-state index contributed by atoms with van der Waals surface area (Å²) in [7, 11) is 0. The van der Waals surface area contributed by atoms with Gasteiger partial charge < -0.3 is 15.0 Å². The first-order chi connectivity index (χ1) is 12.1. The molecule has 1 aliphatic rings. The molecule has 1 saturated heterocycles. The zero-order valence-corrected chi connectivity index (χ0v) is 15.6. The molecule has 1 aliphatic heterocycles. The van der Waals surface area contributed by atoms with Crippen LogP contribution in [-0.2, 0) is 9.53 Å². The number of piperidine rings is 1. The molecule has 0 aromatic heterocycles. The Morgan fingerprint density at radius 1 is 1.19 bits per heavy atom. The predicted molar refractivity (Wildman–Crippen MR) is 93.4 cm³/mol. The van der Waals surface area contributed by atoms with Crippen molar-refractivity contribution < 1.29 is 23.1 Å². The molecule has 1 fully saturated rings. The van der Waals surface area contributed by atoms with Crippen molar-refractivity contribution >= 4 is 12.0 Å². The van der Waals surface area contributed by atoms with Gasteiger partial charge in [-0.15, -0.1) is 0 Å². The number of carbonyl (C=O) groups is 2. The van der Waals surface area contributed by atoms with Gasteiger partial charge in [-0.05, 0) is 58.2 Å². The maximum Gasteiger partial charge on any atom is 0.410 e. The molecule has 0 bridgehead atoms. The van der Waals surface area contributed by atoms with Crippen LogP contribution in [0.1, 0.15) is 52.1 Å². The van der Waals surface area contributed by atoms with Gasteiger partial charge in [-0.2, -0.15) is 0 Å². The van der Waals surface area contributed by atoms with Crippen LogP contribution in [0, 0.1) is 17.6 Å². The number of nitrogens with zero attached hydrogens (tertiary/aromatic N) is 1. The van der Waals surface area contributed by atoms with E-state index < -0.39 is 23.3 Å². The van der Waals surface area contributed by atoms with E-state index in [0.717, 1.165) is 12.1 Å². The first-order valence-electron chi connectivity index (χ1n) is 8.80. The summed E-state index contributed by atoms with van der Waals surface area (Å²) in [6.45, 7) is 8.06. The van der Waals surface area contributed by atoms with Crippen LogP contribution in [-0.4, -0.2) is 35.6 Å². The molecule has 7 heteroatoms. The third-order valence-electron chi connectivity index (χ3n) is 4.32. The minimum Gasteiger partial charge on any atom is -0.444 e. The van der Waals surface area contributed by atoms with E-state index in [0.29, 0.717) is 31.5 Å². The Bertz CT molecular complexity index is 665. The summed E-state index contributed by atoms with van der Waals surface area (Å²) in [5.41, 5.74) is -0.0472. The van der Waals surface area contributed by atoms with E-state index in [-0.39, 0.29) is 17.9 Å². The first kappa shape index (κ1) is 20.1. The highest BCUT2D eigenvalue weighted by Gasteiger charge is 2.30. The van der Waals surface area contributed by atoms with Gasteiger partial charge in [0, 0.05) is 19.0 Å². The first-order valence-corrected chi connectivity index (χ1v) is 8.80. The molecule has 1 aromatic rings. The molecule has 2 amide bonds. The largest absolute Gasteiger partial charge is 0.444 e. The van der Waals surface area contributed by atoms with Crippen LogP contribution in [0.2, 0.25) is 0 Å². The highest BCUT2D eigenvalue weighted by molar-refractivity contribution is 5.79. The van der Waals surface area contributed by atoms with E-state index in [4.69, 9.17) is 4.74 Å². The van der Waals surface area contributed by atoms with Crippen LogP contribution in [0.5, 0.6) is 0 Å². The zero-order chi connectivity index (χ0) is 19.5. The lowest BCUT2D eigenvalue weighted by Crippen LogP contribution is -2.45. The lowest BCUT2D eigenvalue weighted by Gasteiger charge is -2.33. The number of rotatable bonds is 3. The molecular formula is C19H26F2N2O3. The highest BCUT2D eigenvalue weighted by atomic mass is 19.2. The maximum atomic E-state index is 13.3. The SMILES string of the molecule is C[C@@H](NC(=O)C1CCN(C(=O)OC(C)(C)C)CC1)c1ccc(F)c(F)c1. The second-order valence-electron chi connectivity index (χ2n) is 7.65. The second kappa shape index (κ2) is 8.01. The Labute approximate surface area is 152 Å². The molecule has 5 nitrogen and oxygen atoms in total. The summed E-state index contributed by atoms with van der Waals surface area (Å²) in [5, 5.41) is 2.83. The van der Waals surface area contributed by atoms with Gasteiger partial charge in [0.1, 0.15) is 5.60 Å². The number of ether oxygens (including phenoxy) is 1. The third-order valence-corrected chi connectivity index (χ3v) is 4.32. The third kappa shape index (κ3) is 5.41. The number of carbonyl (C=O) groups excluding carboxylic acids is 2. The number of nitrogens with one attached hydrogen (secondary N) is 1. The summed E-state index contributed by atoms with van der Waals surface area (Å²) >= 11 is 0. The number of benzene rings is 1. The predicted octanol–water partition coefficient (Wildman–Crippen LogP) is 3.79. The summed E-state index contributed by atoms with van der Waals surface area (Å²) in [6, 6.07) is 3.16. The molecule has 1 heterocycles. The van der Waals surface area contributed by atoms with Crippen molar-refractivity contribution in [2.24, 2.45) is 5.92 Å². The summed E-state index contributed by atoms with van der Waals surface area (Å²) < 4.78 is 31.7. The van der Waals surface area contributed by atoms with Crippen molar-refractivity contribution in [1.82, 2.24) is 10.2 Å². The molecule has 0 spiro atoms. The van der Waals surface area contributed by atoms with Crippen LogP contribution in [0.4, 0.5) is 13.6 Å². The maximum absolute atomic E-state index is 13.3. The summed E-state index contributed by atoms with van der Waals surface area (Å²) in [6.07, 6.45) is 0.706. The van der Waals surface area contributed by atoms with E-state index in [1.165, 1.54) is 6.07 Å². The molecule has 0 unspecified atom stereocenters. The van der Waals surface area contributed by atoms with Crippen molar-refractivity contribution in [3.63, 3.8) is 0 Å². The summed E-state index contributed by atoms with van der Waals surface area (Å²) in [4.78, 5) is 26.1. The van der Waals surface area contributed by atoms with Gasteiger partial charge in [-0.25, -0.2) is 13.6 Å². The molecular weight excluding hydrogens is 342 g/mol. The zero-order valence-electron chi connectivity index (χ0n) is 15.6. The Morgan fingerprint density at radius 3 is 2.35 bits per heavy atom. The van der Waals surface area contributed by atoms with Crippen molar-refractivity contribution in [2.75, 3.05) is 13.1 Å². The molecule has 144 valence electrons. The van der Waals surface area contributed by atoms with E-state index >= 15 is 0 Å². The average molecular weight is 368 g/mol. The van der Waals surface area contributed by atoms with Gasteiger partial charge in [0.15, 0.2) is 11.6 Å².